The number of furan rings is 1. The van der Waals surface area contributed by atoms with Gasteiger partial charge in [-0.25, -0.2) is 0 Å². The molecule has 0 spiro atoms. The summed E-state index contributed by atoms with van der Waals surface area (Å²) in [4.78, 5) is 4.40. The van der Waals surface area contributed by atoms with Gasteiger partial charge in [0.1, 0.15) is 5.76 Å². The SMILES string of the molecule is CN(Cc1ccco1)CC(O)CN1CCNCC1. The highest BCUT2D eigenvalue weighted by Gasteiger charge is 2.16. The standard InChI is InChI=1S/C13H23N3O2/c1-15(11-13-3-2-8-18-13)9-12(17)10-16-6-4-14-5-7-16/h2-3,8,12,14,17H,4-7,9-11H2,1H3. The van der Waals surface area contributed by atoms with E-state index in [1.54, 1.807) is 6.26 Å². The first-order valence-electron chi connectivity index (χ1n) is 6.56. The summed E-state index contributed by atoms with van der Waals surface area (Å²) >= 11 is 0. The third kappa shape index (κ3) is 4.42. The fourth-order valence-corrected chi connectivity index (χ4v) is 2.34. The average Bonchev–Trinajstić information content (AvgIpc) is 2.82. The van der Waals surface area contributed by atoms with E-state index in [1.165, 1.54) is 0 Å². The maximum absolute atomic E-state index is 10.1. The Kier molecular flexibility index (Phi) is 5.19. The number of likely N-dealkylation sites (N-methyl/N-ethyl adjacent to an activating group) is 1. The van der Waals surface area contributed by atoms with Crippen LogP contribution in [0.15, 0.2) is 22.8 Å². The van der Waals surface area contributed by atoms with E-state index in [1.807, 2.05) is 19.2 Å². The Morgan fingerprint density at radius 1 is 1.50 bits per heavy atom. The molecule has 2 heterocycles. The number of aliphatic hydroxyl groups excluding tert-OH is 1. The van der Waals surface area contributed by atoms with Gasteiger partial charge in [0.15, 0.2) is 0 Å². The van der Waals surface area contributed by atoms with Gasteiger partial charge in [-0.1, -0.05) is 0 Å². The molecule has 1 aromatic heterocycles. The van der Waals surface area contributed by atoms with Crippen LogP contribution in [0, 0.1) is 0 Å². The maximum atomic E-state index is 10.1. The number of nitrogens with zero attached hydrogens (tertiary/aromatic N) is 2. The zero-order valence-electron chi connectivity index (χ0n) is 11.0. The molecule has 0 aliphatic carbocycles. The van der Waals surface area contributed by atoms with Crippen LogP contribution in [-0.2, 0) is 6.54 Å². The van der Waals surface area contributed by atoms with Gasteiger partial charge in [-0.2, -0.15) is 0 Å². The van der Waals surface area contributed by atoms with Crippen LogP contribution in [0.5, 0.6) is 0 Å². The lowest BCUT2D eigenvalue weighted by atomic mass is 10.2. The molecule has 0 saturated carbocycles. The van der Waals surface area contributed by atoms with E-state index in [2.05, 4.69) is 15.1 Å². The largest absolute Gasteiger partial charge is 0.468 e. The molecule has 0 aromatic carbocycles. The monoisotopic (exact) mass is 253 g/mol. The van der Waals surface area contributed by atoms with Crippen LogP contribution in [0.1, 0.15) is 5.76 Å². The van der Waals surface area contributed by atoms with Crippen LogP contribution < -0.4 is 5.32 Å². The summed E-state index contributed by atoms with van der Waals surface area (Å²) in [5.74, 6) is 0.937. The number of piperazine rings is 1. The molecule has 1 aliphatic rings. The number of nitrogens with one attached hydrogen (secondary N) is 1. The van der Waals surface area contributed by atoms with E-state index in [0.29, 0.717) is 6.54 Å². The molecule has 102 valence electrons. The molecule has 18 heavy (non-hydrogen) atoms. The van der Waals surface area contributed by atoms with Gasteiger partial charge in [0.2, 0.25) is 0 Å². The molecule has 2 rings (SSSR count). The van der Waals surface area contributed by atoms with Crippen molar-refractivity contribution < 1.29 is 9.52 Å². The Hall–Kier alpha value is -0.880. The Bertz CT molecular complexity index is 323. The van der Waals surface area contributed by atoms with Crippen molar-refractivity contribution in [2.45, 2.75) is 12.6 Å². The van der Waals surface area contributed by atoms with Gasteiger partial charge < -0.3 is 14.8 Å². The van der Waals surface area contributed by atoms with Gasteiger partial charge in [-0.15, -0.1) is 0 Å². The second-order valence-electron chi connectivity index (χ2n) is 4.98. The lowest BCUT2D eigenvalue weighted by molar-refractivity contribution is 0.0734. The molecule has 1 atom stereocenters. The zero-order valence-corrected chi connectivity index (χ0v) is 11.0. The minimum atomic E-state index is -0.303. The summed E-state index contributed by atoms with van der Waals surface area (Å²) in [5, 5.41) is 13.4. The summed E-state index contributed by atoms with van der Waals surface area (Å²) in [6.45, 7) is 6.27. The summed E-state index contributed by atoms with van der Waals surface area (Å²) in [5.41, 5.74) is 0. The van der Waals surface area contributed by atoms with Crippen LogP contribution in [0.25, 0.3) is 0 Å². The van der Waals surface area contributed by atoms with E-state index in [0.717, 1.165) is 45.0 Å². The number of hydrogen-bond acceptors (Lipinski definition) is 5. The predicted octanol–water partition coefficient (Wildman–Crippen LogP) is -0.0225. The number of aliphatic hydroxyl groups is 1. The van der Waals surface area contributed by atoms with Crippen LogP contribution in [0.3, 0.4) is 0 Å². The molecule has 1 aromatic rings. The molecule has 0 bridgehead atoms. The normalized spacial score (nSPS) is 19.3. The molecular weight excluding hydrogens is 230 g/mol. The first kappa shape index (κ1) is 13.5. The summed E-state index contributed by atoms with van der Waals surface area (Å²) in [7, 11) is 2.00. The second kappa shape index (κ2) is 6.89. The van der Waals surface area contributed by atoms with E-state index >= 15 is 0 Å². The highest BCUT2D eigenvalue weighted by atomic mass is 16.3. The molecule has 0 radical (unpaired) electrons. The Morgan fingerprint density at radius 2 is 2.28 bits per heavy atom. The van der Waals surface area contributed by atoms with Crippen LogP contribution >= 0.6 is 0 Å². The smallest absolute Gasteiger partial charge is 0.117 e. The third-order valence-electron chi connectivity index (χ3n) is 3.21. The first-order chi connectivity index (χ1) is 8.74. The van der Waals surface area contributed by atoms with E-state index < -0.39 is 0 Å². The fraction of sp³-hybridized carbons (Fsp3) is 0.692. The topological polar surface area (TPSA) is 51.9 Å². The van der Waals surface area contributed by atoms with Gasteiger partial charge in [0, 0.05) is 39.3 Å². The minimum absolute atomic E-state index is 0.303. The summed E-state index contributed by atoms with van der Waals surface area (Å²) in [6, 6.07) is 3.85. The summed E-state index contributed by atoms with van der Waals surface area (Å²) in [6.07, 6.45) is 1.38. The third-order valence-corrected chi connectivity index (χ3v) is 3.21. The van der Waals surface area contributed by atoms with Crippen molar-refractivity contribution in [3.63, 3.8) is 0 Å². The van der Waals surface area contributed by atoms with Gasteiger partial charge in [0.25, 0.3) is 0 Å². The van der Waals surface area contributed by atoms with E-state index in [-0.39, 0.29) is 6.10 Å². The number of hydrogen-bond donors (Lipinski definition) is 2. The van der Waals surface area contributed by atoms with Gasteiger partial charge in [-0.05, 0) is 19.2 Å². The van der Waals surface area contributed by atoms with Crippen molar-refractivity contribution in [2.75, 3.05) is 46.3 Å². The molecule has 1 saturated heterocycles. The number of β-amino-alcohol motifs (C(OH)–C–C–N with tert-alkyl or cyclic N) is 1. The quantitative estimate of drug-likeness (QED) is 0.746. The van der Waals surface area contributed by atoms with Crippen molar-refractivity contribution in [3.05, 3.63) is 24.2 Å². The summed E-state index contributed by atoms with van der Waals surface area (Å²) < 4.78 is 5.29. The average molecular weight is 253 g/mol. The molecule has 5 heteroatoms. The van der Waals surface area contributed by atoms with Crippen LogP contribution in [0.4, 0.5) is 0 Å². The fourth-order valence-electron chi connectivity index (χ4n) is 2.34. The Labute approximate surface area is 108 Å². The van der Waals surface area contributed by atoms with E-state index in [9.17, 15) is 5.11 Å². The molecule has 2 N–H and O–H groups in total. The molecule has 1 fully saturated rings. The van der Waals surface area contributed by atoms with Gasteiger partial charge >= 0.3 is 0 Å². The van der Waals surface area contributed by atoms with Crippen molar-refractivity contribution in [2.24, 2.45) is 0 Å². The zero-order chi connectivity index (χ0) is 12.8. The Morgan fingerprint density at radius 3 is 2.94 bits per heavy atom. The number of rotatable bonds is 6. The van der Waals surface area contributed by atoms with Gasteiger partial charge in [0.05, 0.1) is 18.9 Å². The van der Waals surface area contributed by atoms with Crippen molar-refractivity contribution >= 4 is 0 Å². The van der Waals surface area contributed by atoms with E-state index in [4.69, 9.17) is 4.42 Å². The van der Waals surface area contributed by atoms with Crippen LogP contribution in [0.2, 0.25) is 0 Å². The molecule has 0 amide bonds. The predicted molar refractivity (Wildman–Crippen MR) is 70.4 cm³/mol. The lowest BCUT2D eigenvalue weighted by Crippen LogP contribution is -2.47. The first-order valence-corrected chi connectivity index (χ1v) is 6.56. The lowest BCUT2D eigenvalue weighted by Gasteiger charge is -2.30. The van der Waals surface area contributed by atoms with Crippen molar-refractivity contribution in [3.8, 4) is 0 Å². The minimum Gasteiger partial charge on any atom is -0.468 e. The molecule has 1 unspecified atom stereocenters. The van der Waals surface area contributed by atoms with Crippen LogP contribution in [-0.4, -0.2) is 67.3 Å². The Balaban J connectivity index is 1.67. The van der Waals surface area contributed by atoms with Gasteiger partial charge in [-0.3, -0.25) is 9.80 Å². The maximum Gasteiger partial charge on any atom is 0.117 e. The molecule has 1 aliphatic heterocycles. The highest BCUT2D eigenvalue weighted by molar-refractivity contribution is 4.97. The molecular formula is C13H23N3O2. The second-order valence-corrected chi connectivity index (χ2v) is 4.98. The van der Waals surface area contributed by atoms with Crippen molar-refractivity contribution in [1.82, 2.24) is 15.1 Å². The highest BCUT2D eigenvalue weighted by Crippen LogP contribution is 2.05. The van der Waals surface area contributed by atoms with Crippen molar-refractivity contribution in [1.29, 1.82) is 0 Å². The molecule has 5 nitrogen and oxygen atoms in total.